The Balaban J connectivity index is 2.39. The van der Waals surface area contributed by atoms with Crippen LogP contribution in [0.2, 0.25) is 0 Å². The highest BCUT2D eigenvalue weighted by molar-refractivity contribution is 6.39. The SMILES string of the molecule is COc1cccc(N=NC(C(C)=O)C(=O)N(Cl)c2cccc(OC)c2OC)c1OC. The summed E-state index contributed by atoms with van der Waals surface area (Å²) in [5.41, 5.74) is 0.486. The topological polar surface area (TPSA) is 99.0 Å². The van der Waals surface area contributed by atoms with Crippen LogP contribution in [0.3, 0.4) is 0 Å². The Bertz CT molecular complexity index is 950. The molecule has 0 spiro atoms. The molecule has 2 aromatic carbocycles. The summed E-state index contributed by atoms with van der Waals surface area (Å²) in [6.07, 6.45) is 0. The third kappa shape index (κ3) is 4.80. The fraction of sp³-hybridized carbons (Fsp3) is 0.300. The summed E-state index contributed by atoms with van der Waals surface area (Å²) in [5.74, 6) is 0.00233. The van der Waals surface area contributed by atoms with E-state index >= 15 is 0 Å². The molecule has 0 aliphatic carbocycles. The highest BCUT2D eigenvalue weighted by atomic mass is 35.5. The first kappa shape index (κ1) is 23.0. The minimum atomic E-state index is -1.48. The summed E-state index contributed by atoms with van der Waals surface area (Å²) < 4.78 is 21.7. The third-order valence-electron chi connectivity index (χ3n) is 4.07. The standard InChI is InChI=1S/C20H22ClN3O6/c1-12(25)17(23-22-13-8-6-10-15(27-2)18(13)29-4)20(26)24(21)14-9-7-11-16(28-3)19(14)30-5/h6-11,17H,1-5H3. The van der Waals surface area contributed by atoms with Crippen LogP contribution in [-0.4, -0.2) is 46.2 Å². The van der Waals surface area contributed by atoms with Crippen molar-refractivity contribution in [2.24, 2.45) is 10.2 Å². The summed E-state index contributed by atoms with van der Waals surface area (Å²) in [6.45, 7) is 1.22. The summed E-state index contributed by atoms with van der Waals surface area (Å²) in [6, 6.07) is 8.31. The number of halogens is 1. The van der Waals surface area contributed by atoms with E-state index in [1.165, 1.54) is 35.4 Å². The van der Waals surface area contributed by atoms with Crippen LogP contribution in [0.25, 0.3) is 0 Å². The Labute approximate surface area is 179 Å². The summed E-state index contributed by atoms with van der Waals surface area (Å²) >= 11 is 6.25. The Morgan fingerprint density at radius 1 is 0.900 bits per heavy atom. The van der Waals surface area contributed by atoms with Crippen molar-refractivity contribution < 1.29 is 28.5 Å². The molecule has 0 radical (unpaired) electrons. The maximum absolute atomic E-state index is 12.9. The molecule has 0 saturated carbocycles. The predicted octanol–water partition coefficient (Wildman–Crippen LogP) is 3.95. The van der Waals surface area contributed by atoms with Gasteiger partial charge in [0.05, 0.1) is 28.4 Å². The monoisotopic (exact) mass is 435 g/mol. The van der Waals surface area contributed by atoms with E-state index in [0.717, 1.165) is 4.42 Å². The molecule has 9 nitrogen and oxygen atoms in total. The van der Waals surface area contributed by atoms with Gasteiger partial charge in [0.25, 0.3) is 5.91 Å². The average molecular weight is 436 g/mol. The van der Waals surface area contributed by atoms with Crippen molar-refractivity contribution in [2.75, 3.05) is 32.9 Å². The van der Waals surface area contributed by atoms with Gasteiger partial charge in [0.2, 0.25) is 6.04 Å². The molecule has 160 valence electrons. The number of para-hydroxylation sites is 2. The van der Waals surface area contributed by atoms with Crippen LogP contribution in [0.15, 0.2) is 46.6 Å². The van der Waals surface area contributed by atoms with Gasteiger partial charge in [-0.1, -0.05) is 12.1 Å². The number of carbonyl (C=O) groups is 2. The van der Waals surface area contributed by atoms with E-state index in [1.807, 2.05) is 0 Å². The zero-order valence-corrected chi connectivity index (χ0v) is 18.0. The first-order valence-corrected chi connectivity index (χ1v) is 9.06. The van der Waals surface area contributed by atoms with E-state index in [9.17, 15) is 9.59 Å². The molecule has 1 unspecified atom stereocenters. The molecule has 2 aromatic rings. The van der Waals surface area contributed by atoms with E-state index in [-0.39, 0.29) is 17.1 Å². The molecule has 1 amide bonds. The van der Waals surface area contributed by atoms with Gasteiger partial charge in [-0.15, -0.1) is 0 Å². The van der Waals surface area contributed by atoms with E-state index < -0.39 is 17.7 Å². The Kier molecular flexibility index (Phi) is 7.99. The highest BCUT2D eigenvalue weighted by Gasteiger charge is 2.31. The number of methoxy groups -OCH3 is 4. The van der Waals surface area contributed by atoms with Gasteiger partial charge in [0.15, 0.2) is 28.8 Å². The van der Waals surface area contributed by atoms with E-state index in [4.69, 9.17) is 30.7 Å². The van der Waals surface area contributed by atoms with Crippen LogP contribution in [0.5, 0.6) is 23.0 Å². The van der Waals surface area contributed by atoms with Crippen molar-refractivity contribution in [1.82, 2.24) is 0 Å². The van der Waals surface area contributed by atoms with Gasteiger partial charge in [-0.05, 0) is 31.2 Å². The van der Waals surface area contributed by atoms with Gasteiger partial charge in [-0.3, -0.25) is 9.59 Å². The molecule has 10 heteroatoms. The number of nitrogens with zero attached hydrogens (tertiary/aromatic N) is 3. The molecule has 0 heterocycles. The van der Waals surface area contributed by atoms with Crippen LogP contribution < -0.4 is 23.4 Å². The van der Waals surface area contributed by atoms with Crippen molar-refractivity contribution >= 4 is 34.8 Å². The number of hydrogen-bond acceptors (Lipinski definition) is 8. The fourth-order valence-corrected chi connectivity index (χ4v) is 2.85. The molecule has 2 rings (SSSR count). The number of azo groups is 1. The molecule has 0 aliphatic heterocycles. The molecule has 0 aliphatic rings. The molecule has 0 bridgehead atoms. The average Bonchev–Trinajstić information content (AvgIpc) is 2.77. The summed E-state index contributed by atoms with van der Waals surface area (Å²) in [7, 11) is 5.79. The summed E-state index contributed by atoms with van der Waals surface area (Å²) in [4.78, 5) is 25.0. The first-order chi connectivity index (χ1) is 14.4. The maximum Gasteiger partial charge on any atom is 0.276 e. The molecule has 0 aromatic heterocycles. The van der Waals surface area contributed by atoms with Crippen LogP contribution in [0, 0.1) is 0 Å². The fourth-order valence-electron chi connectivity index (χ4n) is 2.62. The normalized spacial score (nSPS) is 11.7. The smallest absolute Gasteiger partial charge is 0.276 e. The van der Waals surface area contributed by atoms with Crippen LogP contribution in [-0.2, 0) is 9.59 Å². The molecular weight excluding hydrogens is 414 g/mol. The molecule has 30 heavy (non-hydrogen) atoms. The lowest BCUT2D eigenvalue weighted by atomic mass is 10.2. The number of benzene rings is 2. The van der Waals surface area contributed by atoms with Gasteiger partial charge in [-0.25, -0.2) is 4.42 Å². The lowest BCUT2D eigenvalue weighted by Crippen LogP contribution is -2.36. The Hall–Kier alpha value is -3.33. The number of amides is 1. The number of ether oxygens (including phenoxy) is 4. The quantitative estimate of drug-likeness (QED) is 0.336. The highest BCUT2D eigenvalue weighted by Crippen LogP contribution is 2.39. The van der Waals surface area contributed by atoms with Crippen molar-refractivity contribution in [3.05, 3.63) is 36.4 Å². The van der Waals surface area contributed by atoms with Crippen molar-refractivity contribution in [1.29, 1.82) is 0 Å². The number of ketones is 1. The predicted molar refractivity (Wildman–Crippen MR) is 111 cm³/mol. The lowest BCUT2D eigenvalue weighted by molar-refractivity contribution is -0.126. The van der Waals surface area contributed by atoms with E-state index in [2.05, 4.69) is 10.2 Å². The second-order valence-electron chi connectivity index (χ2n) is 5.87. The third-order valence-corrected chi connectivity index (χ3v) is 4.42. The molecular formula is C20H22ClN3O6. The van der Waals surface area contributed by atoms with Crippen LogP contribution in [0.4, 0.5) is 11.4 Å². The minimum absolute atomic E-state index is 0.198. The Morgan fingerprint density at radius 3 is 2.00 bits per heavy atom. The second kappa shape index (κ2) is 10.4. The molecule has 0 N–H and O–H groups in total. The first-order valence-electron chi connectivity index (χ1n) is 8.72. The lowest BCUT2D eigenvalue weighted by Gasteiger charge is -2.20. The largest absolute Gasteiger partial charge is 0.493 e. The zero-order valence-electron chi connectivity index (χ0n) is 17.2. The maximum atomic E-state index is 12.9. The number of rotatable bonds is 9. The van der Waals surface area contributed by atoms with Crippen molar-refractivity contribution in [3.8, 4) is 23.0 Å². The Morgan fingerprint density at radius 2 is 1.47 bits per heavy atom. The molecule has 1 atom stereocenters. The van der Waals surface area contributed by atoms with Crippen LogP contribution in [0.1, 0.15) is 6.92 Å². The van der Waals surface area contributed by atoms with Gasteiger partial charge in [-0.2, -0.15) is 10.2 Å². The number of Topliss-reactive ketones (excluding diaryl/α,β-unsaturated/α-hetero) is 1. The van der Waals surface area contributed by atoms with Crippen molar-refractivity contribution in [3.63, 3.8) is 0 Å². The van der Waals surface area contributed by atoms with Gasteiger partial charge < -0.3 is 18.9 Å². The number of anilines is 1. The van der Waals surface area contributed by atoms with Crippen molar-refractivity contribution in [2.45, 2.75) is 13.0 Å². The molecule has 0 saturated heterocycles. The summed E-state index contributed by atoms with van der Waals surface area (Å²) in [5, 5.41) is 7.93. The van der Waals surface area contributed by atoms with Gasteiger partial charge in [0, 0.05) is 11.8 Å². The minimum Gasteiger partial charge on any atom is -0.493 e. The number of carbonyl (C=O) groups excluding carboxylic acids is 2. The second-order valence-corrected chi connectivity index (χ2v) is 6.21. The van der Waals surface area contributed by atoms with E-state index in [0.29, 0.717) is 17.2 Å². The van der Waals surface area contributed by atoms with E-state index in [1.54, 1.807) is 36.4 Å². The van der Waals surface area contributed by atoms with Gasteiger partial charge >= 0.3 is 0 Å². The molecule has 0 fully saturated rings. The number of hydrogen-bond donors (Lipinski definition) is 0. The zero-order chi connectivity index (χ0) is 22.3. The van der Waals surface area contributed by atoms with Crippen LogP contribution >= 0.6 is 11.8 Å². The van der Waals surface area contributed by atoms with Gasteiger partial charge in [0.1, 0.15) is 11.4 Å².